The number of aryl methyl sites for hydroxylation is 1. The fourth-order valence-corrected chi connectivity index (χ4v) is 3.67. The fourth-order valence-electron chi connectivity index (χ4n) is 3.67. The molecule has 3 aromatic rings. The minimum absolute atomic E-state index is 0.0696. The monoisotopic (exact) mass is 357 g/mol. The third-order valence-corrected chi connectivity index (χ3v) is 5.06. The molecule has 0 saturated heterocycles. The van der Waals surface area contributed by atoms with E-state index in [0.717, 1.165) is 23.8 Å². The summed E-state index contributed by atoms with van der Waals surface area (Å²) in [7, 11) is 0. The van der Waals surface area contributed by atoms with Gasteiger partial charge in [-0.25, -0.2) is 8.78 Å². The van der Waals surface area contributed by atoms with E-state index in [1.54, 1.807) is 12.1 Å². The van der Waals surface area contributed by atoms with Crippen LogP contribution in [0.4, 0.5) is 14.6 Å². The third-order valence-electron chi connectivity index (χ3n) is 5.06. The Balaban J connectivity index is 1.71. The number of anilines is 1. The van der Waals surface area contributed by atoms with Gasteiger partial charge in [-0.05, 0) is 47.9 Å². The van der Waals surface area contributed by atoms with Gasteiger partial charge in [0.1, 0.15) is 5.82 Å². The lowest BCUT2D eigenvalue weighted by Crippen LogP contribution is -2.20. The number of benzene rings is 1. The van der Waals surface area contributed by atoms with Crippen molar-refractivity contribution in [1.29, 1.82) is 0 Å². The summed E-state index contributed by atoms with van der Waals surface area (Å²) in [5.74, 6) is 0.0990. The first-order valence-electron chi connectivity index (χ1n) is 8.78. The second-order valence-corrected chi connectivity index (χ2v) is 7.61. The molecule has 0 spiro atoms. The highest BCUT2D eigenvalue weighted by Gasteiger charge is 2.29. The molecule has 2 heterocycles. The highest BCUT2D eigenvalue weighted by molar-refractivity contribution is 5.46. The highest BCUT2D eigenvalue weighted by Crippen LogP contribution is 2.40. The molecular formula is C19H21F2N5. The van der Waals surface area contributed by atoms with Crippen LogP contribution in [0, 0.1) is 5.41 Å². The molecule has 26 heavy (non-hydrogen) atoms. The van der Waals surface area contributed by atoms with Gasteiger partial charge in [0, 0.05) is 0 Å². The van der Waals surface area contributed by atoms with Gasteiger partial charge in [0.2, 0.25) is 5.82 Å². The van der Waals surface area contributed by atoms with Crippen LogP contribution in [-0.2, 0) is 6.42 Å². The number of fused-ring (bicyclic) bond motifs is 2. The van der Waals surface area contributed by atoms with Gasteiger partial charge in [-0.1, -0.05) is 38.1 Å². The molecule has 1 aliphatic rings. The maximum atomic E-state index is 13.1. The van der Waals surface area contributed by atoms with E-state index in [9.17, 15) is 8.78 Å². The van der Waals surface area contributed by atoms with Crippen molar-refractivity contribution in [1.82, 2.24) is 19.8 Å². The summed E-state index contributed by atoms with van der Waals surface area (Å²) in [6.07, 6.45) is 0.364. The van der Waals surface area contributed by atoms with E-state index in [2.05, 4.69) is 52.7 Å². The van der Waals surface area contributed by atoms with Crippen molar-refractivity contribution >= 4 is 11.5 Å². The molecule has 0 fully saturated rings. The van der Waals surface area contributed by atoms with Crippen molar-refractivity contribution in [2.24, 2.45) is 5.41 Å². The van der Waals surface area contributed by atoms with Crippen LogP contribution in [0.5, 0.6) is 0 Å². The standard InChI is InChI=1S/C19H21F2N5/c1-19(2)10-9-12-5-3-4-6-13(12)14(11-19)22-15-7-8-16-23-24-18(17(20)21)26(16)25-15/h3-8,14,17H,9-11H2,1-2H3,(H,22,25). The second-order valence-electron chi connectivity index (χ2n) is 7.61. The number of hydrogen-bond acceptors (Lipinski definition) is 4. The van der Waals surface area contributed by atoms with E-state index in [0.29, 0.717) is 11.5 Å². The number of halogens is 2. The van der Waals surface area contributed by atoms with Crippen molar-refractivity contribution in [3.05, 3.63) is 53.3 Å². The van der Waals surface area contributed by atoms with Crippen LogP contribution in [0.1, 0.15) is 56.1 Å². The zero-order valence-electron chi connectivity index (χ0n) is 14.8. The van der Waals surface area contributed by atoms with Gasteiger partial charge in [0.05, 0.1) is 6.04 Å². The largest absolute Gasteiger partial charge is 0.362 e. The minimum atomic E-state index is -2.72. The molecule has 0 aliphatic heterocycles. The highest BCUT2D eigenvalue weighted by atomic mass is 19.3. The van der Waals surface area contributed by atoms with E-state index in [4.69, 9.17) is 0 Å². The summed E-state index contributed by atoms with van der Waals surface area (Å²) in [4.78, 5) is 0. The lowest BCUT2D eigenvalue weighted by molar-refractivity contribution is 0.137. The maximum Gasteiger partial charge on any atom is 0.299 e. The molecule has 5 nitrogen and oxygen atoms in total. The number of aromatic nitrogens is 4. The number of rotatable bonds is 3. The second kappa shape index (κ2) is 6.30. The first-order chi connectivity index (χ1) is 12.4. The van der Waals surface area contributed by atoms with Crippen LogP contribution in [0.2, 0.25) is 0 Å². The average Bonchev–Trinajstić information content (AvgIpc) is 2.97. The third kappa shape index (κ3) is 3.13. The van der Waals surface area contributed by atoms with Crippen LogP contribution in [-0.4, -0.2) is 19.8 Å². The molecule has 1 aliphatic carbocycles. The number of hydrogen-bond donors (Lipinski definition) is 1. The van der Waals surface area contributed by atoms with E-state index in [1.165, 1.54) is 11.1 Å². The number of nitrogens with zero attached hydrogens (tertiary/aromatic N) is 4. The van der Waals surface area contributed by atoms with Crippen LogP contribution in [0.15, 0.2) is 36.4 Å². The van der Waals surface area contributed by atoms with Gasteiger partial charge in [-0.3, -0.25) is 0 Å². The molecule has 0 saturated carbocycles. The van der Waals surface area contributed by atoms with Gasteiger partial charge in [0.15, 0.2) is 5.65 Å². The van der Waals surface area contributed by atoms with E-state index >= 15 is 0 Å². The quantitative estimate of drug-likeness (QED) is 0.697. The van der Waals surface area contributed by atoms with Crippen molar-refractivity contribution < 1.29 is 8.78 Å². The fraction of sp³-hybridized carbons (Fsp3) is 0.421. The SMILES string of the molecule is CC1(C)CCc2ccccc2C(Nc2ccc3nnc(C(F)F)n3n2)C1. The molecular weight excluding hydrogens is 336 g/mol. The number of nitrogens with one attached hydrogen (secondary N) is 1. The Morgan fingerprint density at radius 3 is 2.77 bits per heavy atom. The van der Waals surface area contributed by atoms with Gasteiger partial charge in [-0.15, -0.1) is 15.3 Å². The lowest BCUT2D eigenvalue weighted by Gasteiger charge is -2.28. The zero-order valence-corrected chi connectivity index (χ0v) is 14.8. The molecule has 0 amide bonds. The Morgan fingerprint density at radius 1 is 1.15 bits per heavy atom. The zero-order chi connectivity index (χ0) is 18.3. The molecule has 0 radical (unpaired) electrons. The van der Waals surface area contributed by atoms with E-state index in [1.807, 2.05) is 6.07 Å². The molecule has 4 rings (SSSR count). The first kappa shape index (κ1) is 16.9. The van der Waals surface area contributed by atoms with Crippen molar-refractivity contribution in [3.8, 4) is 0 Å². The normalized spacial score (nSPS) is 19.3. The predicted molar refractivity (Wildman–Crippen MR) is 95.3 cm³/mol. The van der Waals surface area contributed by atoms with Crippen LogP contribution in [0.25, 0.3) is 5.65 Å². The Kier molecular flexibility index (Phi) is 4.09. The smallest absolute Gasteiger partial charge is 0.299 e. The van der Waals surface area contributed by atoms with Crippen LogP contribution >= 0.6 is 0 Å². The van der Waals surface area contributed by atoms with E-state index in [-0.39, 0.29) is 11.5 Å². The summed E-state index contributed by atoms with van der Waals surface area (Å²) in [6, 6.07) is 11.9. The molecule has 2 aromatic heterocycles. The lowest BCUT2D eigenvalue weighted by atomic mass is 9.83. The summed E-state index contributed by atoms with van der Waals surface area (Å²) in [6.45, 7) is 4.53. The Bertz CT molecular complexity index is 935. The van der Waals surface area contributed by atoms with Crippen molar-refractivity contribution in [3.63, 3.8) is 0 Å². The first-order valence-corrected chi connectivity index (χ1v) is 8.78. The summed E-state index contributed by atoms with van der Waals surface area (Å²) >= 11 is 0. The molecule has 1 atom stereocenters. The van der Waals surface area contributed by atoms with Crippen molar-refractivity contribution in [2.75, 3.05) is 5.32 Å². The summed E-state index contributed by atoms with van der Waals surface area (Å²) in [5, 5.41) is 15.0. The van der Waals surface area contributed by atoms with Gasteiger partial charge < -0.3 is 5.32 Å². The van der Waals surface area contributed by atoms with Gasteiger partial charge in [0.25, 0.3) is 6.43 Å². The molecule has 7 heteroatoms. The molecule has 1 aromatic carbocycles. The number of alkyl halides is 2. The van der Waals surface area contributed by atoms with Crippen LogP contribution < -0.4 is 5.32 Å². The Morgan fingerprint density at radius 2 is 1.96 bits per heavy atom. The summed E-state index contributed by atoms with van der Waals surface area (Å²) in [5.41, 5.74) is 3.06. The topological polar surface area (TPSA) is 55.1 Å². The van der Waals surface area contributed by atoms with Gasteiger partial charge >= 0.3 is 0 Å². The Hall–Kier alpha value is -2.57. The molecule has 0 bridgehead atoms. The summed E-state index contributed by atoms with van der Waals surface area (Å²) < 4.78 is 27.3. The average molecular weight is 357 g/mol. The molecule has 1 N–H and O–H groups in total. The molecule has 1 unspecified atom stereocenters. The van der Waals surface area contributed by atoms with Crippen LogP contribution in [0.3, 0.4) is 0 Å². The van der Waals surface area contributed by atoms with Crippen molar-refractivity contribution in [2.45, 2.75) is 45.6 Å². The predicted octanol–water partition coefficient (Wildman–Crippen LogP) is 4.58. The van der Waals surface area contributed by atoms with Gasteiger partial charge in [-0.2, -0.15) is 4.52 Å². The Labute approximate surface area is 150 Å². The minimum Gasteiger partial charge on any atom is -0.362 e. The molecule has 136 valence electrons. The maximum absolute atomic E-state index is 13.1. The van der Waals surface area contributed by atoms with E-state index < -0.39 is 12.2 Å².